The number of aliphatic carboxylic acids is 1. The molecule has 0 heterocycles. The van der Waals surface area contributed by atoms with Crippen LogP contribution in [0.3, 0.4) is 0 Å². The second-order valence-electron chi connectivity index (χ2n) is 3.95. The standard InChI is InChI=1S/C12H16FNO3/c1-6-8(5-10(14)12(15)16)4-9(13)7(2)11(6)17-3/h4,10H,5,14H2,1-3H3,(H,15,16). The molecule has 0 aliphatic carbocycles. The van der Waals surface area contributed by atoms with E-state index >= 15 is 0 Å². The number of nitrogens with two attached hydrogens (primary N) is 1. The highest BCUT2D eigenvalue weighted by molar-refractivity contribution is 5.73. The van der Waals surface area contributed by atoms with Gasteiger partial charge in [0.2, 0.25) is 0 Å². The largest absolute Gasteiger partial charge is 0.496 e. The molecule has 4 nitrogen and oxygen atoms in total. The van der Waals surface area contributed by atoms with E-state index in [1.165, 1.54) is 13.2 Å². The number of hydrogen-bond acceptors (Lipinski definition) is 3. The van der Waals surface area contributed by atoms with Crippen molar-refractivity contribution in [3.05, 3.63) is 28.6 Å². The summed E-state index contributed by atoms with van der Waals surface area (Å²) in [5.41, 5.74) is 7.13. The number of rotatable bonds is 4. The third-order valence-electron chi connectivity index (χ3n) is 2.78. The van der Waals surface area contributed by atoms with Gasteiger partial charge in [-0.15, -0.1) is 0 Å². The Morgan fingerprint density at radius 1 is 1.53 bits per heavy atom. The summed E-state index contributed by atoms with van der Waals surface area (Å²) in [6.45, 7) is 3.37. The fourth-order valence-electron chi connectivity index (χ4n) is 1.75. The molecule has 1 aromatic carbocycles. The zero-order valence-electron chi connectivity index (χ0n) is 10.1. The van der Waals surface area contributed by atoms with Crippen LogP contribution in [0.25, 0.3) is 0 Å². The Morgan fingerprint density at radius 3 is 2.59 bits per heavy atom. The van der Waals surface area contributed by atoms with Gasteiger partial charge < -0.3 is 15.6 Å². The van der Waals surface area contributed by atoms with Crippen LogP contribution in [-0.2, 0) is 11.2 Å². The van der Waals surface area contributed by atoms with Gasteiger partial charge in [-0.25, -0.2) is 4.39 Å². The summed E-state index contributed by atoms with van der Waals surface area (Å²) in [7, 11) is 1.45. The van der Waals surface area contributed by atoms with Gasteiger partial charge in [0.25, 0.3) is 0 Å². The van der Waals surface area contributed by atoms with Crippen molar-refractivity contribution < 1.29 is 19.0 Å². The van der Waals surface area contributed by atoms with Crippen molar-refractivity contribution in [3.8, 4) is 5.75 Å². The summed E-state index contributed by atoms with van der Waals surface area (Å²) in [5, 5.41) is 8.73. The fourth-order valence-corrected chi connectivity index (χ4v) is 1.75. The van der Waals surface area contributed by atoms with Crippen molar-refractivity contribution in [2.45, 2.75) is 26.3 Å². The van der Waals surface area contributed by atoms with E-state index in [2.05, 4.69) is 0 Å². The molecule has 0 spiro atoms. The van der Waals surface area contributed by atoms with Crippen molar-refractivity contribution in [2.24, 2.45) is 5.73 Å². The van der Waals surface area contributed by atoms with E-state index in [0.29, 0.717) is 16.9 Å². The van der Waals surface area contributed by atoms with Crippen molar-refractivity contribution >= 4 is 5.97 Å². The second-order valence-corrected chi connectivity index (χ2v) is 3.95. The maximum absolute atomic E-state index is 13.6. The van der Waals surface area contributed by atoms with Crippen LogP contribution < -0.4 is 10.5 Å². The minimum atomic E-state index is -1.11. The first-order valence-corrected chi connectivity index (χ1v) is 5.19. The van der Waals surface area contributed by atoms with E-state index in [9.17, 15) is 9.18 Å². The Morgan fingerprint density at radius 2 is 2.12 bits per heavy atom. The first-order valence-electron chi connectivity index (χ1n) is 5.19. The number of benzene rings is 1. The Bertz CT molecular complexity index is 446. The van der Waals surface area contributed by atoms with Crippen LogP contribution in [0.15, 0.2) is 6.07 Å². The molecular weight excluding hydrogens is 225 g/mol. The summed E-state index contributed by atoms with van der Waals surface area (Å²) in [5.74, 6) is -1.08. The zero-order chi connectivity index (χ0) is 13.2. The molecule has 1 atom stereocenters. The number of ether oxygens (including phenoxy) is 1. The lowest BCUT2D eigenvalue weighted by Crippen LogP contribution is -2.32. The van der Waals surface area contributed by atoms with Crippen LogP contribution >= 0.6 is 0 Å². The quantitative estimate of drug-likeness (QED) is 0.835. The molecule has 17 heavy (non-hydrogen) atoms. The molecule has 1 aromatic rings. The smallest absolute Gasteiger partial charge is 0.320 e. The number of carboxylic acid groups (broad SMARTS) is 1. The molecule has 0 aliphatic heterocycles. The van der Waals surface area contributed by atoms with E-state index in [1.54, 1.807) is 13.8 Å². The minimum absolute atomic E-state index is 0.0781. The predicted molar refractivity (Wildman–Crippen MR) is 61.7 cm³/mol. The van der Waals surface area contributed by atoms with Gasteiger partial charge in [-0.2, -0.15) is 0 Å². The van der Waals surface area contributed by atoms with Gasteiger partial charge in [0, 0.05) is 5.56 Å². The Kier molecular flexibility index (Phi) is 4.07. The number of carbonyl (C=O) groups is 1. The lowest BCUT2D eigenvalue weighted by molar-refractivity contribution is -0.138. The van der Waals surface area contributed by atoms with Crippen molar-refractivity contribution in [3.63, 3.8) is 0 Å². The van der Waals surface area contributed by atoms with Gasteiger partial charge in [0.05, 0.1) is 7.11 Å². The average molecular weight is 241 g/mol. The van der Waals surface area contributed by atoms with Crippen LogP contribution in [0.5, 0.6) is 5.75 Å². The monoisotopic (exact) mass is 241 g/mol. The Hall–Kier alpha value is -1.62. The Balaban J connectivity index is 3.17. The molecule has 5 heteroatoms. The molecule has 0 saturated heterocycles. The lowest BCUT2D eigenvalue weighted by Gasteiger charge is -2.15. The maximum atomic E-state index is 13.6. The highest BCUT2D eigenvalue weighted by Crippen LogP contribution is 2.29. The van der Waals surface area contributed by atoms with Crippen LogP contribution in [0.2, 0.25) is 0 Å². The molecule has 0 amide bonds. The minimum Gasteiger partial charge on any atom is -0.496 e. The Labute approximate surface area is 99.2 Å². The van der Waals surface area contributed by atoms with Crippen LogP contribution in [0, 0.1) is 19.7 Å². The number of halogens is 1. The highest BCUT2D eigenvalue weighted by Gasteiger charge is 2.18. The molecule has 1 rings (SSSR count). The summed E-state index contributed by atoms with van der Waals surface area (Å²) >= 11 is 0. The molecule has 0 saturated carbocycles. The van der Waals surface area contributed by atoms with Crippen LogP contribution in [0.1, 0.15) is 16.7 Å². The summed E-state index contributed by atoms with van der Waals surface area (Å²) < 4.78 is 18.7. The molecule has 0 bridgehead atoms. The van der Waals surface area contributed by atoms with Crippen molar-refractivity contribution in [1.29, 1.82) is 0 Å². The number of carboxylic acids is 1. The summed E-state index contributed by atoms with van der Waals surface area (Å²) in [4.78, 5) is 10.7. The topological polar surface area (TPSA) is 72.5 Å². The van der Waals surface area contributed by atoms with E-state index < -0.39 is 17.8 Å². The fraction of sp³-hybridized carbons (Fsp3) is 0.417. The van der Waals surface area contributed by atoms with Gasteiger partial charge in [0.1, 0.15) is 17.6 Å². The molecule has 1 unspecified atom stereocenters. The van der Waals surface area contributed by atoms with E-state index in [1.807, 2.05) is 0 Å². The molecule has 0 fully saturated rings. The van der Waals surface area contributed by atoms with E-state index in [-0.39, 0.29) is 6.42 Å². The van der Waals surface area contributed by atoms with Gasteiger partial charge in [-0.1, -0.05) is 0 Å². The zero-order valence-corrected chi connectivity index (χ0v) is 10.1. The highest BCUT2D eigenvalue weighted by atomic mass is 19.1. The second kappa shape index (κ2) is 5.14. The van der Waals surface area contributed by atoms with E-state index in [4.69, 9.17) is 15.6 Å². The van der Waals surface area contributed by atoms with Gasteiger partial charge in [-0.3, -0.25) is 4.79 Å². The third kappa shape index (κ3) is 2.74. The molecule has 0 aliphatic rings. The third-order valence-corrected chi connectivity index (χ3v) is 2.78. The van der Waals surface area contributed by atoms with E-state index in [0.717, 1.165) is 5.56 Å². The average Bonchev–Trinajstić information content (AvgIpc) is 2.26. The van der Waals surface area contributed by atoms with Crippen LogP contribution in [-0.4, -0.2) is 24.2 Å². The lowest BCUT2D eigenvalue weighted by atomic mass is 9.98. The van der Waals surface area contributed by atoms with Crippen molar-refractivity contribution in [1.82, 2.24) is 0 Å². The van der Waals surface area contributed by atoms with Gasteiger partial charge >= 0.3 is 5.97 Å². The molecule has 94 valence electrons. The summed E-state index contributed by atoms with van der Waals surface area (Å²) in [6, 6.07) is 0.274. The molecular formula is C12H16FNO3. The number of hydrogen-bond donors (Lipinski definition) is 2. The first-order chi connectivity index (χ1) is 7.88. The molecule has 0 aromatic heterocycles. The number of methoxy groups -OCH3 is 1. The van der Waals surface area contributed by atoms with Gasteiger partial charge in [0.15, 0.2) is 0 Å². The predicted octanol–water partition coefficient (Wildman–Crippen LogP) is 1.41. The van der Waals surface area contributed by atoms with Gasteiger partial charge in [-0.05, 0) is 37.5 Å². The first kappa shape index (κ1) is 13.4. The van der Waals surface area contributed by atoms with Crippen molar-refractivity contribution in [2.75, 3.05) is 7.11 Å². The SMILES string of the molecule is COc1c(C)c(F)cc(CC(N)C(=O)O)c1C. The molecule has 0 radical (unpaired) electrons. The molecule has 3 N–H and O–H groups in total. The normalized spacial score (nSPS) is 12.3. The summed E-state index contributed by atoms with van der Waals surface area (Å²) in [6.07, 6.45) is 0.0781. The maximum Gasteiger partial charge on any atom is 0.320 e. The van der Waals surface area contributed by atoms with Crippen LogP contribution in [0.4, 0.5) is 4.39 Å².